The number of hydrogen-bond donors (Lipinski definition) is 2. The number of nitrogens with one attached hydrogen (secondary N) is 2. The maximum atomic E-state index is 14.1. The molecule has 1 aromatic rings. The highest BCUT2D eigenvalue weighted by Gasteiger charge is 2.73. The van der Waals surface area contributed by atoms with Crippen LogP contribution in [0.15, 0.2) is 6.07 Å². The highest BCUT2D eigenvalue weighted by atomic mass is 19.4. The van der Waals surface area contributed by atoms with Crippen molar-refractivity contribution in [2.45, 2.75) is 43.4 Å². The molecule has 0 spiro atoms. The zero-order chi connectivity index (χ0) is 22.7. The summed E-state index contributed by atoms with van der Waals surface area (Å²) in [6.07, 6.45) is -11.3. The number of carbonyl (C=O) groups is 1. The number of ether oxygens (including phenoxy) is 2. The second kappa shape index (κ2) is 8.78. The smallest absolute Gasteiger partial charge is 0.435 e. The lowest BCUT2D eigenvalue weighted by atomic mass is 10.1. The summed E-state index contributed by atoms with van der Waals surface area (Å²) >= 11 is 0. The number of carbonyl (C=O) groups excluding carboxylic acids is 1. The van der Waals surface area contributed by atoms with Crippen molar-refractivity contribution in [3.05, 3.63) is 17.4 Å². The molecule has 1 aromatic heterocycles. The van der Waals surface area contributed by atoms with Gasteiger partial charge in [-0.15, -0.1) is 0 Å². The second-order valence-corrected chi connectivity index (χ2v) is 6.40. The van der Waals surface area contributed by atoms with Crippen LogP contribution in [0.4, 0.5) is 35.1 Å². The number of hydrogen-bond acceptors (Lipinski definition) is 5. The van der Waals surface area contributed by atoms with Gasteiger partial charge in [-0.1, -0.05) is 0 Å². The van der Waals surface area contributed by atoms with E-state index in [1.165, 1.54) is 0 Å². The van der Waals surface area contributed by atoms with E-state index in [1.807, 2.05) is 0 Å². The summed E-state index contributed by atoms with van der Waals surface area (Å²) in [7, 11) is 1.04. The van der Waals surface area contributed by atoms with Crippen molar-refractivity contribution >= 4 is 5.91 Å². The molecule has 0 saturated carbocycles. The predicted molar refractivity (Wildman–Crippen MR) is 85.1 cm³/mol. The molecule has 0 radical (unpaired) electrons. The molecule has 1 saturated heterocycles. The highest BCUT2D eigenvalue weighted by molar-refractivity contribution is 5.82. The minimum absolute atomic E-state index is 0.0631. The second-order valence-electron chi connectivity index (χ2n) is 6.40. The molecule has 0 aromatic carbocycles. The van der Waals surface area contributed by atoms with Gasteiger partial charge in [-0.2, -0.15) is 31.3 Å². The summed E-state index contributed by atoms with van der Waals surface area (Å²) in [6.45, 7) is -2.24. The molecule has 30 heavy (non-hydrogen) atoms. The quantitative estimate of drug-likeness (QED) is 0.624. The summed E-state index contributed by atoms with van der Waals surface area (Å²) in [5, 5.41) is 5.40. The Morgan fingerprint density at radius 2 is 1.83 bits per heavy atom. The molecular formula is C16H17F8N3O3. The molecule has 2 heterocycles. The van der Waals surface area contributed by atoms with Crippen LogP contribution >= 0.6 is 0 Å². The molecule has 14 heteroatoms. The first-order valence-corrected chi connectivity index (χ1v) is 8.50. The standard InChI is InChI=1S/C16H17F8N3O3/c1-29-12-8(6-26-11(28)10-3-2-4-25-10)5-9(17)13(27-12)30-7-14(18,15(19,20)21)16(22,23)24/h5,10,25H,2-4,6-7H2,1H3,(H,26,28)/t10-/m0/s1. The van der Waals surface area contributed by atoms with Gasteiger partial charge in [0.15, 0.2) is 5.82 Å². The van der Waals surface area contributed by atoms with Crippen molar-refractivity contribution < 1.29 is 49.4 Å². The number of amides is 1. The van der Waals surface area contributed by atoms with Crippen LogP contribution in [-0.4, -0.2) is 55.2 Å². The molecule has 2 N–H and O–H groups in total. The van der Waals surface area contributed by atoms with E-state index in [0.29, 0.717) is 19.0 Å². The highest BCUT2D eigenvalue weighted by Crippen LogP contribution is 2.46. The summed E-state index contributed by atoms with van der Waals surface area (Å²) in [6, 6.07) is 0.198. The molecule has 170 valence electrons. The van der Waals surface area contributed by atoms with E-state index in [0.717, 1.165) is 13.5 Å². The van der Waals surface area contributed by atoms with Crippen molar-refractivity contribution in [3.8, 4) is 11.8 Å². The van der Waals surface area contributed by atoms with Crippen LogP contribution in [0.25, 0.3) is 0 Å². The van der Waals surface area contributed by atoms with E-state index in [2.05, 4.69) is 20.4 Å². The van der Waals surface area contributed by atoms with E-state index in [-0.39, 0.29) is 12.1 Å². The Bertz CT molecular complexity index is 749. The van der Waals surface area contributed by atoms with Gasteiger partial charge in [0.2, 0.25) is 11.8 Å². The first-order chi connectivity index (χ1) is 13.8. The minimum atomic E-state index is -6.36. The molecular weight excluding hydrogens is 434 g/mol. The predicted octanol–water partition coefficient (Wildman–Crippen LogP) is 2.81. The molecule has 0 bridgehead atoms. The molecule has 1 aliphatic heterocycles. The lowest BCUT2D eigenvalue weighted by Crippen LogP contribution is -2.57. The zero-order valence-electron chi connectivity index (χ0n) is 15.4. The van der Waals surface area contributed by atoms with Gasteiger partial charge < -0.3 is 20.1 Å². The van der Waals surface area contributed by atoms with Gasteiger partial charge in [0, 0.05) is 12.1 Å². The number of halogens is 8. The third-order valence-corrected chi connectivity index (χ3v) is 4.31. The number of aromatic nitrogens is 1. The van der Waals surface area contributed by atoms with Crippen molar-refractivity contribution in [2.75, 3.05) is 20.3 Å². The summed E-state index contributed by atoms with van der Waals surface area (Å²) in [5.74, 6) is -3.62. The van der Waals surface area contributed by atoms with Crippen LogP contribution in [-0.2, 0) is 11.3 Å². The molecule has 1 fully saturated rings. The third-order valence-electron chi connectivity index (χ3n) is 4.31. The molecule has 0 aliphatic carbocycles. The minimum Gasteiger partial charge on any atom is -0.481 e. The first kappa shape index (κ1) is 23.9. The zero-order valence-corrected chi connectivity index (χ0v) is 15.4. The van der Waals surface area contributed by atoms with Crippen molar-refractivity contribution in [1.82, 2.24) is 15.6 Å². The van der Waals surface area contributed by atoms with E-state index < -0.39 is 54.2 Å². The van der Waals surface area contributed by atoms with Gasteiger partial charge in [-0.25, -0.2) is 8.78 Å². The van der Waals surface area contributed by atoms with Gasteiger partial charge in [0.05, 0.1) is 13.2 Å². The monoisotopic (exact) mass is 451 g/mol. The van der Waals surface area contributed by atoms with Gasteiger partial charge in [0.25, 0.3) is 5.88 Å². The third kappa shape index (κ3) is 5.02. The fraction of sp³-hybridized carbons (Fsp3) is 0.625. The Balaban J connectivity index is 2.15. The molecule has 6 nitrogen and oxygen atoms in total. The molecule has 1 aliphatic rings. The van der Waals surface area contributed by atoms with Gasteiger partial charge in [0.1, 0.15) is 6.61 Å². The number of methoxy groups -OCH3 is 1. The number of alkyl halides is 7. The number of rotatable bonds is 7. The van der Waals surface area contributed by atoms with Crippen molar-refractivity contribution in [3.63, 3.8) is 0 Å². The van der Waals surface area contributed by atoms with Gasteiger partial charge in [-0.3, -0.25) is 4.79 Å². The molecule has 1 atom stereocenters. The summed E-state index contributed by atoms with van der Waals surface area (Å²) in [4.78, 5) is 15.3. The first-order valence-electron chi connectivity index (χ1n) is 8.50. The number of pyridine rings is 1. The van der Waals surface area contributed by atoms with Crippen LogP contribution in [0, 0.1) is 5.82 Å². The van der Waals surface area contributed by atoms with Gasteiger partial charge in [-0.05, 0) is 25.5 Å². The average molecular weight is 451 g/mol. The largest absolute Gasteiger partial charge is 0.481 e. The van der Waals surface area contributed by atoms with Gasteiger partial charge >= 0.3 is 18.0 Å². The summed E-state index contributed by atoms with van der Waals surface area (Å²) < 4.78 is 112. The molecule has 0 unspecified atom stereocenters. The van der Waals surface area contributed by atoms with Crippen LogP contribution in [0.3, 0.4) is 0 Å². The fourth-order valence-electron chi connectivity index (χ4n) is 2.60. The number of nitrogens with zero attached hydrogens (tertiary/aromatic N) is 1. The SMILES string of the molecule is COc1nc(OCC(F)(C(F)(F)F)C(F)(F)F)c(F)cc1CNC(=O)[C@@H]1CCCN1. The van der Waals surface area contributed by atoms with E-state index in [9.17, 15) is 39.9 Å². The summed E-state index contributed by atoms with van der Waals surface area (Å²) in [5.41, 5.74) is -5.80. The normalized spacial score (nSPS) is 17.7. The van der Waals surface area contributed by atoms with Crippen molar-refractivity contribution in [2.24, 2.45) is 0 Å². The topological polar surface area (TPSA) is 72.5 Å². The lowest BCUT2D eigenvalue weighted by molar-refractivity contribution is -0.347. The van der Waals surface area contributed by atoms with Crippen LogP contribution in [0.1, 0.15) is 18.4 Å². The van der Waals surface area contributed by atoms with E-state index in [1.54, 1.807) is 0 Å². The van der Waals surface area contributed by atoms with Crippen LogP contribution in [0.2, 0.25) is 0 Å². The van der Waals surface area contributed by atoms with E-state index >= 15 is 0 Å². The van der Waals surface area contributed by atoms with Crippen molar-refractivity contribution in [1.29, 1.82) is 0 Å². The average Bonchev–Trinajstić information content (AvgIpc) is 3.17. The maximum Gasteiger partial charge on any atom is 0.435 e. The van der Waals surface area contributed by atoms with E-state index in [4.69, 9.17) is 4.74 Å². The molecule has 1 amide bonds. The van der Waals surface area contributed by atoms with Crippen LogP contribution < -0.4 is 20.1 Å². The Kier molecular flexibility index (Phi) is 6.99. The Hall–Kier alpha value is -2.38. The fourth-order valence-corrected chi connectivity index (χ4v) is 2.60. The molecule has 2 rings (SSSR count). The maximum absolute atomic E-state index is 14.1. The van der Waals surface area contributed by atoms with Crippen LogP contribution in [0.5, 0.6) is 11.8 Å². The lowest BCUT2D eigenvalue weighted by Gasteiger charge is -2.29. The Morgan fingerprint density at radius 1 is 1.20 bits per heavy atom. The Labute approximate surface area is 164 Å². The Morgan fingerprint density at radius 3 is 2.33 bits per heavy atom.